The van der Waals surface area contributed by atoms with Crippen LogP contribution in [-0.2, 0) is 11.2 Å². The molecule has 0 aromatic heterocycles. The Labute approximate surface area is 164 Å². The van der Waals surface area contributed by atoms with Gasteiger partial charge in [0.1, 0.15) is 17.2 Å². The van der Waals surface area contributed by atoms with Crippen LogP contribution >= 0.6 is 0 Å². The van der Waals surface area contributed by atoms with Crippen LogP contribution in [0.15, 0.2) is 72.8 Å². The molecule has 0 amide bonds. The maximum Gasteiger partial charge on any atom is 0.311 e. The summed E-state index contributed by atoms with van der Waals surface area (Å²) in [5, 5.41) is 9.23. The van der Waals surface area contributed by atoms with Gasteiger partial charge < -0.3 is 14.6 Å². The molecule has 0 unspecified atom stereocenters. The molecule has 1 N–H and O–H groups in total. The summed E-state index contributed by atoms with van der Waals surface area (Å²) in [5.41, 5.74) is 2.87. The van der Waals surface area contributed by atoms with E-state index in [1.54, 1.807) is 19.2 Å². The lowest BCUT2D eigenvalue weighted by Crippen LogP contribution is -2.08. The van der Waals surface area contributed by atoms with Crippen LogP contribution in [0.2, 0.25) is 0 Å². The number of methoxy groups -OCH3 is 1. The van der Waals surface area contributed by atoms with Gasteiger partial charge in [0.2, 0.25) is 0 Å². The molecule has 0 aliphatic carbocycles. The number of hydrogen-bond donors (Lipinski definition) is 1. The number of hydrogen-bond acceptors (Lipinski definition) is 4. The van der Waals surface area contributed by atoms with Crippen LogP contribution in [-0.4, -0.2) is 18.2 Å². The lowest BCUT2D eigenvalue weighted by molar-refractivity contribution is -0.134. The van der Waals surface area contributed by atoms with E-state index >= 15 is 0 Å². The third-order valence-electron chi connectivity index (χ3n) is 4.08. The van der Waals surface area contributed by atoms with Crippen molar-refractivity contribution in [2.24, 2.45) is 0 Å². The summed E-state index contributed by atoms with van der Waals surface area (Å²) in [7, 11) is 1.63. The van der Waals surface area contributed by atoms with Gasteiger partial charge in [-0.3, -0.25) is 4.79 Å². The minimum Gasteiger partial charge on any atom is -0.508 e. The molecule has 28 heavy (non-hydrogen) atoms. The first kappa shape index (κ1) is 19.1. The van der Waals surface area contributed by atoms with Crippen molar-refractivity contribution in [3.63, 3.8) is 0 Å². The molecule has 0 aliphatic heterocycles. The fourth-order valence-corrected chi connectivity index (χ4v) is 2.52. The largest absolute Gasteiger partial charge is 0.508 e. The van der Waals surface area contributed by atoms with Gasteiger partial charge in [0.05, 0.1) is 7.11 Å². The number of carbonyl (C=O) groups excluding carboxylic acids is 1. The Bertz CT molecular complexity index is 976. The Morgan fingerprint density at radius 2 is 1.36 bits per heavy atom. The molecule has 0 saturated heterocycles. The second-order valence-corrected chi connectivity index (χ2v) is 6.14. The Morgan fingerprint density at radius 1 is 0.821 bits per heavy atom. The van der Waals surface area contributed by atoms with E-state index in [1.165, 1.54) is 12.1 Å². The van der Waals surface area contributed by atoms with Crippen molar-refractivity contribution >= 4 is 5.97 Å². The Morgan fingerprint density at radius 3 is 1.93 bits per heavy atom. The Balaban J connectivity index is 1.52. The van der Waals surface area contributed by atoms with Gasteiger partial charge in [-0.1, -0.05) is 24.0 Å². The van der Waals surface area contributed by atoms with E-state index in [0.717, 1.165) is 22.4 Å². The molecule has 0 radical (unpaired) electrons. The molecular formula is C24H20O4. The average Bonchev–Trinajstić information content (AvgIpc) is 2.73. The van der Waals surface area contributed by atoms with Crippen molar-refractivity contribution < 1.29 is 19.4 Å². The molecule has 0 spiro atoms. The van der Waals surface area contributed by atoms with Gasteiger partial charge in [0, 0.05) is 17.5 Å². The molecule has 4 nitrogen and oxygen atoms in total. The SMILES string of the molecule is COc1ccc(C#Cc2ccc(CCC(=O)Oc3ccc(O)cc3)cc2)cc1. The normalized spacial score (nSPS) is 9.89. The number of benzene rings is 3. The van der Waals surface area contributed by atoms with Crippen molar-refractivity contribution in [1.82, 2.24) is 0 Å². The summed E-state index contributed by atoms with van der Waals surface area (Å²) >= 11 is 0. The predicted molar refractivity (Wildman–Crippen MR) is 107 cm³/mol. The monoisotopic (exact) mass is 372 g/mol. The maximum absolute atomic E-state index is 11.9. The van der Waals surface area contributed by atoms with Gasteiger partial charge in [-0.25, -0.2) is 0 Å². The first-order chi connectivity index (χ1) is 13.6. The molecule has 4 heteroatoms. The van der Waals surface area contributed by atoms with E-state index in [4.69, 9.17) is 9.47 Å². The number of phenols is 1. The highest BCUT2D eigenvalue weighted by Gasteiger charge is 2.05. The second kappa shape index (κ2) is 9.29. The Hall–Kier alpha value is -3.71. The van der Waals surface area contributed by atoms with Gasteiger partial charge >= 0.3 is 5.97 Å². The highest BCUT2D eigenvalue weighted by molar-refractivity contribution is 5.72. The summed E-state index contributed by atoms with van der Waals surface area (Å²) in [4.78, 5) is 11.9. The van der Waals surface area contributed by atoms with Crippen molar-refractivity contribution in [1.29, 1.82) is 0 Å². The number of aromatic hydroxyl groups is 1. The van der Waals surface area contributed by atoms with Gasteiger partial charge in [-0.2, -0.15) is 0 Å². The smallest absolute Gasteiger partial charge is 0.311 e. The van der Waals surface area contributed by atoms with E-state index in [2.05, 4.69) is 11.8 Å². The lowest BCUT2D eigenvalue weighted by atomic mass is 10.1. The zero-order valence-corrected chi connectivity index (χ0v) is 15.5. The zero-order chi connectivity index (χ0) is 19.8. The van der Waals surface area contributed by atoms with E-state index in [9.17, 15) is 9.90 Å². The van der Waals surface area contributed by atoms with Gasteiger partial charge in [0.25, 0.3) is 0 Å². The third kappa shape index (κ3) is 5.65. The average molecular weight is 372 g/mol. The fraction of sp³-hybridized carbons (Fsp3) is 0.125. The summed E-state index contributed by atoms with van der Waals surface area (Å²) < 4.78 is 10.4. The molecule has 0 fully saturated rings. The zero-order valence-electron chi connectivity index (χ0n) is 15.5. The van der Waals surface area contributed by atoms with Gasteiger partial charge in [-0.15, -0.1) is 0 Å². The van der Waals surface area contributed by atoms with Crippen LogP contribution in [0.1, 0.15) is 23.1 Å². The lowest BCUT2D eigenvalue weighted by Gasteiger charge is -2.05. The van der Waals surface area contributed by atoms with Crippen molar-refractivity contribution in [2.75, 3.05) is 7.11 Å². The predicted octanol–water partition coefficient (Wildman–Crippen LogP) is 4.34. The second-order valence-electron chi connectivity index (χ2n) is 6.14. The Kier molecular flexibility index (Phi) is 6.33. The standard InChI is InChI=1S/C24H20O4/c1-27-22-13-8-20(9-14-22)7-4-18-2-5-19(6-3-18)10-17-24(26)28-23-15-11-21(25)12-16-23/h2-3,5-6,8-9,11-16,25H,10,17H2,1H3. The van der Waals surface area contributed by atoms with Gasteiger partial charge in [0.15, 0.2) is 0 Å². The van der Waals surface area contributed by atoms with Crippen LogP contribution in [0, 0.1) is 11.8 Å². The van der Waals surface area contributed by atoms with E-state index < -0.39 is 0 Å². The van der Waals surface area contributed by atoms with Crippen LogP contribution in [0.25, 0.3) is 0 Å². The molecule has 140 valence electrons. The number of aryl methyl sites for hydroxylation is 1. The minimum atomic E-state index is -0.311. The molecule has 0 heterocycles. The topological polar surface area (TPSA) is 55.8 Å². The van der Waals surface area contributed by atoms with E-state index in [-0.39, 0.29) is 18.1 Å². The van der Waals surface area contributed by atoms with Crippen molar-refractivity contribution in [2.45, 2.75) is 12.8 Å². The molecule has 3 aromatic rings. The highest BCUT2D eigenvalue weighted by Crippen LogP contribution is 2.17. The summed E-state index contributed by atoms with van der Waals surface area (Å²) in [5.74, 6) is 7.29. The number of phenolic OH excluding ortho intramolecular Hbond substituents is 1. The number of carbonyl (C=O) groups is 1. The highest BCUT2D eigenvalue weighted by atomic mass is 16.5. The quantitative estimate of drug-likeness (QED) is 0.411. The number of esters is 1. The van der Waals surface area contributed by atoms with Crippen LogP contribution in [0.3, 0.4) is 0 Å². The molecule has 3 rings (SSSR count). The summed E-state index contributed by atoms with van der Waals surface area (Å²) in [6.07, 6.45) is 0.862. The maximum atomic E-state index is 11.9. The first-order valence-electron chi connectivity index (χ1n) is 8.87. The van der Waals surface area contributed by atoms with Crippen LogP contribution in [0.4, 0.5) is 0 Å². The molecular weight excluding hydrogens is 352 g/mol. The van der Waals surface area contributed by atoms with E-state index in [0.29, 0.717) is 12.2 Å². The summed E-state index contributed by atoms with van der Waals surface area (Å²) in [6, 6.07) is 21.5. The molecule has 3 aromatic carbocycles. The van der Waals surface area contributed by atoms with Gasteiger partial charge in [-0.05, 0) is 72.6 Å². The van der Waals surface area contributed by atoms with Crippen LogP contribution in [0.5, 0.6) is 17.2 Å². The number of rotatable bonds is 5. The summed E-state index contributed by atoms with van der Waals surface area (Å²) in [6.45, 7) is 0. The third-order valence-corrected chi connectivity index (χ3v) is 4.08. The molecule has 0 saturated carbocycles. The number of ether oxygens (including phenoxy) is 2. The van der Waals surface area contributed by atoms with Crippen molar-refractivity contribution in [3.8, 4) is 29.1 Å². The van der Waals surface area contributed by atoms with E-state index in [1.807, 2.05) is 48.5 Å². The van der Waals surface area contributed by atoms with Crippen LogP contribution < -0.4 is 9.47 Å². The fourth-order valence-electron chi connectivity index (χ4n) is 2.52. The molecule has 0 aliphatic rings. The first-order valence-corrected chi connectivity index (χ1v) is 8.87. The molecule has 0 bridgehead atoms. The minimum absolute atomic E-state index is 0.134. The molecule has 0 atom stereocenters. The van der Waals surface area contributed by atoms with Crippen molar-refractivity contribution in [3.05, 3.63) is 89.5 Å².